The lowest BCUT2D eigenvalue weighted by Gasteiger charge is -2.41. The van der Waals surface area contributed by atoms with Crippen LogP contribution >= 0.6 is 0 Å². The third-order valence-corrected chi connectivity index (χ3v) is 4.80. The summed E-state index contributed by atoms with van der Waals surface area (Å²) in [5.74, 6) is 0.710. The Hall–Kier alpha value is -1.70. The molecule has 24 heavy (non-hydrogen) atoms. The molecule has 0 unspecified atom stereocenters. The molecule has 0 N–H and O–H groups in total. The van der Waals surface area contributed by atoms with Crippen LogP contribution in [-0.4, -0.2) is 9.97 Å². The zero-order valence-electron chi connectivity index (χ0n) is 16.1. The molecule has 0 aliphatic carbocycles. The fourth-order valence-electron chi connectivity index (χ4n) is 3.96. The van der Waals surface area contributed by atoms with Crippen molar-refractivity contribution >= 4 is 0 Å². The Labute approximate surface area is 147 Å². The molecule has 0 atom stereocenters. The number of nitrogens with zero attached hydrogens (tertiary/aromatic N) is 2. The molecule has 0 bridgehead atoms. The highest BCUT2D eigenvalue weighted by atomic mass is 14.8. The molecular formula is C22H32N2. The van der Waals surface area contributed by atoms with E-state index < -0.39 is 0 Å². The Morgan fingerprint density at radius 1 is 0.833 bits per heavy atom. The van der Waals surface area contributed by atoms with E-state index >= 15 is 0 Å². The van der Waals surface area contributed by atoms with Crippen LogP contribution in [0.25, 0.3) is 11.4 Å². The minimum atomic E-state index is 0.343. The SMILES string of the molecule is CC(C)(C)C(CCCc1ccnc(-c2ccccn2)c1)C(C)(C)C. The van der Waals surface area contributed by atoms with E-state index in [1.165, 1.54) is 18.4 Å². The average molecular weight is 325 g/mol. The highest BCUT2D eigenvalue weighted by Crippen LogP contribution is 2.42. The Balaban J connectivity index is 2.02. The highest BCUT2D eigenvalue weighted by molar-refractivity contribution is 5.54. The lowest BCUT2D eigenvalue weighted by Crippen LogP contribution is -2.32. The highest BCUT2D eigenvalue weighted by Gasteiger charge is 2.33. The van der Waals surface area contributed by atoms with E-state index in [1.807, 2.05) is 30.6 Å². The topological polar surface area (TPSA) is 25.8 Å². The van der Waals surface area contributed by atoms with Gasteiger partial charge in [-0.15, -0.1) is 0 Å². The number of aryl methyl sites for hydroxylation is 1. The Bertz CT molecular complexity index is 619. The van der Waals surface area contributed by atoms with Gasteiger partial charge in [-0.3, -0.25) is 9.97 Å². The normalized spacial score (nSPS) is 12.6. The number of hydrogen-bond acceptors (Lipinski definition) is 2. The molecule has 0 fully saturated rings. The van der Waals surface area contributed by atoms with Crippen LogP contribution in [0.5, 0.6) is 0 Å². The van der Waals surface area contributed by atoms with Crippen molar-refractivity contribution in [3.05, 3.63) is 48.3 Å². The van der Waals surface area contributed by atoms with E-state index in [2.05, 4.69) is 63.6 Å². The number of pyridine rings is 2. The molecule has 0 saturated heterocycles. The van der Waals surface area contributed by atoms with Crippen LogP contribution < -0.4 is 0 Å². The first-order valence-electron chi connectivity index (χ1n) is 9.04. The molecule has 0 spiro atoms. The van der Waals surface area contributed by atoms with Crippen LogP contribution in [-0.2, 0) is 6.42 Å². The van der Waals surface area contributed by atoms with Gasteiger partial charge < -0.3 is 0 Å². The predicted molar refractivity (Wildman–Crippen MR) is 103 cm³/mol. The summed E-state index contributed by atoms with van der Waals surface area (Å²) in [6.07, 6.45) is 7.30. The van der Waals surface area contributed by atoms with Crippen molar-refractivity contribution in [2.45, 2.75) is 60.8 Å². The Morgan fingerprint density at radius 2 is 1.50 bits per heavy atom. The van der Waals surface area contributed by atoms with Crippen molar-refractivity contribution in [3.63, 3.8) is 0 Å². The monoisotopic (exact) mass is 324 g/mol. The van der Waals surface area contributed by atoms with Gasteiger partial charge in [-0.2, -0.15) is 0 Å². The molecule has 2 aromatic heterocycles. The summed E-state index contributed by atoms with van der Waals surface area (Å²) in [7, 11) is 0. The third-order valence-electron chi connectivity index (χ3n) is 4.80. The maximum Gasteiger partial charge on any atom is 0.0888 e. The maximum absolute atomic E-state index is 4.47. The summed E-state index contributed by atoms with van der Waals surface area (Å²) >= 11 is 0. The first-order valence-corrected chi connectivity index (χ1v) is 9.04. The lowest BCUT2D eigenvalue weighted by atomic mass is 9.64. The van der Waals surface area contributed by atoms with Gasteiger partial charge in [-0.1, -0.05) is 47.6 Å². The summed E-state index contributed by atoms with van der Waals surface area (Å²) in [4.78, 5) is 8.87. The molecule has 0 aliphatic rings. The smallest absolute Gasteiger partial charge is 0.0888 e. The number of rotatable bonds is 5. The maximum atomic E-state index is 4.47. The fraction of sp³-hybridized carbons (Fsp3) is 0.545. The van der Waals surface area contributed by atoms with Gasteiger partial charge in [0.15, 0.2) is 0 Å². The van der Waals surface area contributed by atoms with Gasteiger partial charge in [-0.25, -0.2) is 0 Å². The van der Waals surface area contributed by atoms with Crippen LogP contribution in [0.15, 0.2) is 42.7 Å². The molecule has 0 saturated carbocycles. The van der Waals surface area contributed by atoms with Crippen molar-refractivity contribution in [3.8, 4) is 11.4 Å². The van der Waals surface area contributed by atoms with E-state index in [0.717, 1.165) is 17.8 Å². The molecule has 2 rings (SSSR count). The predicted octanol–water partition coefficient (Wildman–Crippen LogP) is 6.17. The molecular weight excluding hydrogens is 292 g/mol. The first kappa shape index (κ1) is 18.6. The molecule has 0 aliphatic heterocycles. The molecule has 2 aromatic rings. The quantitative estimate of drug-likeness (QED) is 0.656. The van der Waals surface area contributed by atoms with Gasteiger partial charge >= 0.3 is 0 Å². The van der Waals surface area contributed by atoms with E-state index in [1.54, 1.807) is 0 Å². The van der Waals surface area contributed by atoms with Gasteiger partial charge in [0.05, 0.1) is 11.4 Å². The van der Waals surface area contributed by atoms with Crippen LogP contribution in [0.2, 0.25) is 0 Å². The van der Waals surface area contributed by atoms with Gasteiger partial charge in [0.2, 0.25) is 0 Å². The van der Waals surface area contributed by atoms with Crippen molar-refractivity contribution in [1.82, 2.24) is 9.97 Å². The molecule has 130 valence electrons. The van der Waals surface area contributed by atoms with Gasteiger partial charge in [0.25, 0.3) is 0 Å². The summed E-state index contributed by atoms with van der Waals surface area (Å²) < 4.78 is 0. The molecule has 2 nitrogen and oxygen atoms in total. The first-order chi connectivity index (χ1) is 11.2. The minimum Gasteiger partial charge on any atom is -0.255 e. The van der Waals surface area contributed by atoms with E-state index in [4.69, 9.17) is 0 Å². The molecule has 0 amide bonds. The summed E-state index contributed by atoms with van der Waals surface area (Å²) in [6.45, 7) is 14.2. The molecule has 0 aromatic carbocycles. The largest absolute Gasteiger partial charge is 0.255 e. The average Bonchev–Trinajstić information content (AvgIpc) is 2.50. The zero-order chi connectivity index (χ0) is 17.8. The lowest BCUT2D eigenvalue weighted by molar-refractivity contribution is 0.0908. The second-order valence-electron chi connectivity index (χ2n) is 8.94. The second kappa shape index (κ2) is 7.46. The van der Waals surface area contributed by atoms with Crippen LogP contribution in [0, 0.1) is 16.7 Å². The Kier molecular flexibility index (Phi) is 5.79. The van der Waals surface area contributed by atoms with E-state index in [-0.39, 0.29) is 0 Å². The Morgan fingerprint density at radius 3 is 2.08 bits per heavy atom. The van der Waals surface area contributed by atoms with Crippen molar-refractivity contribution in [1.29, 1.82) is 0 Å². The van der Waals surface area contributed by atoms with E-state index in [9.17, 15) is 0 Å². The van der Waals surface area contributed by atoms with Crippen molar-refractivity contribution < 1.29 is 0 Å². The van der Waals surface area contributed by atoms with E-state index in [0.29, 0.717) is 16.7 Å². The third kappa shape index (κ3) is 5.15. The van der Waals surface area contributed by atoms with Gasteiger partial charge in [-0.05, 0) is 65.8 Å². The second-order valence-corrected chi connectivity index (χ2v) is 8.94. The summed E-state index contributed by atoms with van der Waals surface area (Å²) in [6, 6.07) is 10.3. The van der Waals surface area contributed by atoms with Gasteiger partial charge in [0, 0.05) is 12.4 Å². The summed E-state index contributed by atoms with van der Waals surface area (Å²) in [5, 5.41) is 0. The molecule has 2 heteroatoms. The standard InChI is InChI=1S/C22H32N2/c1-21(2,3)20(22(4,5)6)12-9-10-17-13-15-24-19(16-17)18-11-7-8-14-23-18/h7-8,11,13-16,20H,9-10,12H2,1-6H3. The summed E-state index contributed by atoms with van der Waals surface area (Å²) in [5.41, 5.74) is 3.95. The molecule has 0 radical (unpaired) electrons. The minimum absolute atomic E-state index is 0.343. The van der Waals surface area contributed by atoms with Gasteiger partial charge in [0.1, 0.15) is 0 Å². The fourth-order valence-corrected chi connectivity index (χ4v) is 3.96. The number of aromatic nitrogens is 2. The van der Waals surface area contributed by atoms with Crippen LogP contribution in [0.1, 0.15) is 59.9 Å². The van der Waals surface area contributed by atoms with Crippen LogP contribution in [0.3, 0.4) is 0 Å². The van der Waals surface area contributed by atoms with Crippen molar-refractivity contribution in [2.24, 2.45) is 16.7 Å². The van der Waals surface area contributed by atoms with Crippen LogP contribution in [0.4, 0.5) is 0 Å². The molecule has 2 heterocycles. The number of hydrogen-bond donors (Lipinski definition) is 0. The zero-order valence-corrected chi connectivity index (χ0v) is 16.1. The van der Waals surface area contributed by atoms with Crippen molar-refractivity contribution in [2.75, 3.05) is 0 Å².